The van der Waals surface area contributed by atoms with Crippen molar-refractivity contribution < 1.29 is 14.3 Å². The maximum absolute atomic E-state index is 6.22. The van der Waals surface area contributed by atoms with Crippen molar-refractivity contribution in [1.29, 1.82) is 0 Å². The quantitative estimate of drug-likeness (QED) is 0.183. The Morgan fingerprint density at radius 1 is 0.897 bits per heavy atom. The van der Waals surface area contributed by atoms with Crippen LogP contribution in [0.15, 0.2) is 52.1 Å². The van der Waals surface area contributed by atoms with Crippen LogP contribution >= 0.6 is 58.0 Å². The van der Waals surface area contributed by atoms with Crippen molar-refractivity contribution in [3.05, 3.63) is 67.6 Å². The third-order valence-corrected chi connectivity index (χ3v) is 4.60. The zero-order chi connectivity index (χ0) is 21.1. The molecule has 0 aliphatic heterocycles. The second-order valence-electron chi connectivity index (χ2n) is 5.70. The summed E-state index contributed by atoms with van der Waals surface area (Å²) in [5.74, 6) is 0.901. The summed E-state index contributed by atoms with van der Waals surface area (Å²) < 4.78 is 11.2. The number of hydrogen-bond acceptors (Lipinski definition) is 4. The zero-order valence-electron chi connectivity index (χ0n) is 15.2. The third kappa shape index (κ3) is 9.37. The SMILES string of the molecule is ClC(Cl)=CCOc1cc(Cl)c(OCCCCON=Cc2ccc(Cl)cc2)c(Cl)c1. The summed E-state index contributed by atoms with van der Waals surface area (Å²) in [5, 5.41) is 5.31. The fourth-order valence-corrected chi connectivity index (χ4v) is 2.93. The van der Waals surface area contributed by atoms with Gasteiger partial charge in [-0.2, -0.15) is 0 Å². The molecule has 0 spiro atoms. The Morgan fingerprint density at radius 2 is 1.55 bits per heavy atom. The van der Waals surface area contributed by atoms with Gasteiger partial charge < -0.3 is 14.3 Å². The van der Waals surface area contributed by atoms with E-state index in [0.717, 1.165) is 18.4 Å². The predicted octanol–water partition coefficient (Wildman–Crippen LogP) is 7.55. The molecule has 0 heterocycles. The maximum atomic E-state index is 6.22. The molecule has 0 bridgehead atoms. The van der Waals surface area contributed by atoms with Gasteiger partial charge >= 0.3 is 0 Å². The number of rotatable bonds is 11. The van der Waals surface area contributed by atoms with Gasteiger partial charge in [-0.05, 0) is 36.6 Å². The summed E-state index contributed by atoms with van der Waals surface area (Å²) >= 11 is 29.3. The molecule has 0 aliphatic carbocycles. The highest BCUT2D eigenvalue weighted by atomic mass is 35.5. The summed E-state index contributed by atoms with van der Waals surface area (Å²) in [4.78, 5) is 5.23. The van der Waals surface area contributed by atoms with E-state index in [1.54, 1.807) is 30.5 Å². The molecule has 0 saturated carbocycles. The number of unbranched alkanes of at least 4 members (excludes halogenated alkanes) is 1. The van der Waals surface area contributed by atoms with Gasteiger partial charge in [-0.25, -0.2) is 0 Å². The molecule has 0 fully saturated rings. The fourth-order valence-electron chi connectivity index (χ4n) is 2.10. The lowest BCUT2D eigenvalue weighted by molar-refractivity contribution is 0.137. The molecule has 2 aromatic rings. The molecule has 2 aromatic carbocycles. The zero-order valence-corrected chi connectivity index (χ0v) is 19.0. The average Bonchev–Trinajstić information content (AvgIpc) is 2.66. The molecule has 0 unspecified atom stereocenters. The lowest BCUT2D eigenvalue weighted by Gasteiger charge is -2.12. The van der Waals surface area contributed by atoms with Crippen molar-refractivity contribution in [2.75, 3.05) is 19.8 Å². The Morgan fingerprint density at radius 3 is 2.21 bits per heavy atom. The number of halogens is 5. The highest BCUT2D eigenvalue weighted by Gasteiger charge is 2.10. The molecular weight excluding hydrogens is 479 g/mol. The molecule has 0 N–H and O–H groups in total. The van der Waals surface area contributed by atoms with E-state index in [1.165, 1.54) is 6.08 Å². The first-order chi connectivity index (χ1) is 14.0. The van der Waals surface area contributed by atoms with Crippen LogP contribution < -0.4 is 9.47 Å². The smallest absolute Gasteiger partial charge is 0.156 e. The van der Waals surface area contributed by atoms with Crippen molar-refractivity contribution in [3.63, 3.8) is 0 Å². The molecule has 9 heteroatoms. The molecular formula is C20H18Cl5NO3. The van der Waals surface area contributed by atoms with Crippen LogP contribution in [0.2, 0.25) is 15.1 Å². The van der Waals surface area contributed by atoms with Crippen LogP contribution in [-0.2, 0) is 4.84 Å². The summed E-state index contributed by atoms with van der Waals surface area (Å²) in [6.07, 6.45) is 4.66. The van der Waals surface area contributed by atoms with Gasteiger partial charge in [0.1, 0.15) is 23.5 Å². The van der Waals surface area contributed by atoms with Crippen LogP contribution in [0.5, 0.6) is 11.5 Å². The van der Waals surface area contributed by atoms with E-state index < -0.39 is 0 Å². The molecule has 0 radical (unpaired) electrons. The van der Waals surface area contributed by atoms with Crippen LogP contribution in [0.3, 0.4) is 0 Å². The highest BCUT2D eigenvalue weighted by Crippen LogP contribution is 2.37. The normalized spacial score (nSPS) is 10.8. The van der Waals surface area contributed by atoms with E-state index in [9.17, 15) is 0 Å². The molecule has 0 atom stereocenters. The van der Waals surface area contributed by atoms with Crippen LogP contribution in [0.25, 0.3) is 0 Å². The monoisotopic (exact) mass is 495 g/mol. The van der Waals surface area contributed by atoms with Crippen molar-refractivity contribution >= 4 is 64.2 Å². The van der Waals surface area contributed by atoms with E-state index >= 15 is 0 Å². The molecule has 0 aromatic heterocycles. The van der Waals surface area contributed by atoms with Gasteiger partial charge in [-0.1, -0.05) is 75.3 Å². The summed E-state index contributed by atoms with van der Waals surface area (Å²) in [5.41, 5.74) is 0.913. The number of hydrogen-bond donors (Lipinski definition) is 0. The first-order valence-electron chi connectivity index (χ1n) is 8.62. The van der Waals surface area contributed by atoms with Gasteiger partial charge in [0.25, 0.3) is 0 Å². The van der Waals surface area contributed by atoms with Crippen LogP contribution in [0.4, 0.5) is 0 Å². The Labute approximate surface area is 194 Å². The largest absolute Gasteiger partial charge is 0.490 e. The maximum Gasteiger partial charge on any atom is 0.156 e. The lowest BCUT2D eigenvalue weighted by atomic mass is 10.2. The van der Waals surface area contributed by atoms with Crippen molar-refractivity contribution in [1.82, 2.24) is 0 Å². The third-order valence-electron chi connectivity index (χ3n) is 3.48. The van der Waals surface area contributed by atoms with Gasteiger partial charge in [-0.3, -0.25) is 0 Å². The molecule has 0 amide bonds. The van der Waals surface area contributed by atoms with Gasteiger partial charge in [-0.15, -0.1) is 0 Å². The Balaban J connectivity index is 1.68. The summed E-state index contributed by atoms with van der Waals surface area (Å²) in [6.45, 7) is 1.11. The summed E-state index contributed by atoms with van der Waals surface area (Å²) in [7, 11) is 0. The van der Waals surface area contributed by atoms with Gasteiger partial charge in [0, 0.05) is 17.2 Å². The molecule has 0 saturated heterocycles. The second kappa shape index (κ2) is 13.1. The average molecular weight is 498 g/mol. The lowest BCUT2D eigenvalue weighted by Crippen LogP contribution is -2.01. The molecule has 4 nitrogen and oxygen atoms in total. The molecule has 156 valence electrons. The molecule has 2 rings (SSSR count). The standard InChI is InChI=1S/C20H18Cl5NO3/c21-15-5-3-14(4-6-15)13-26-29-9-2-1-8-28-20-17(22)11-16(12-18(20)23)27-10-7-19(24)25/h3-7,11-13H,1-2,8-10H2. The number of oxime groups is 1. The van der Waals surface area contributed by atoms with Gasteiger partial charge in [0.05, 0.1) is 22.9 Å². The Kier molecular flexibility index (Phi) is 10.8. The topological polar surface area (TPSA) is 40.0 Å². The minimum atomic E-state index is 0.127. The summed E-state index contributed by atoms with van der Waals surface area (Å²) in [6, 6.07) is 10.5. The van der Waals surface area contributed by atoms with E-state index in [0.29, 0.717) is 39.8 Å². The minimum Gasteiger partial charge on any atom is -0.490 e. The predicted molar refractivity (Wildman–Crippen MR) is 121 cm³/mol. The molecule has 29 heavy (non-hydrogen) atoms. The molecule has 0 aliphatic rings. The first kappa shape index (κ1) is 24.0. The first-order valence-corrected chi connectivity index (χ1v) is 10.5. The van der Waals surface area contributed by atoms with E-state index in [1.807, 2.05) is 12.1 Å². The van der Waals surface area contributed by atoms with Gasteiger partial charge in [0.15, 0.2) is 5.75 Å². The van der Waals surface area contributed by atoms with Crippen molar-refractivity contribution in [3.8, 4) is 11.5 Å². The number of nitrogens with zero attached hydrogens (tertiary/aromatic N) is 1. The number of ether oxygens (including phenoxy) is 2. The van der Waals surface area contributed by atoms with Crippen molar-refractivity contribution in [2.45, 2.75) is 12.8 Å². The van der Waals surface area contributed by atoms with Crippen LogP contribution in [-0.4, -0.2) is 26.0 Å². The van der Waals surface area contributed by atoms with E-state index in [4.69, 9.17) is 72.3 Å². The fraction of sp³-hybridized carbons (Fsp3) is 0.250. The van der Waals surface area contributed by atoms with E-state index in [-0.39, 0.29) is 11.1 Å². The Bertz CT molecular complexity index is 814. The van der Waals surface area contributed by atoms with Crippen LogP contribution in [0.1, 0.15) is 18.4 Å². The van der Waals surface area contributed by atoms with Gasteiger partial charge in [0.2, 0.25) is 0 Å². The number of benzene rings is 2. The minimum absolute atomic E-state index is 0.127. The second-order valence-corrected chi connectivity index (χ2v) is 7.95. The van der Waals surface area contributed by atoms with E-state index in [2.05, 4.69) is 5.16 Å². The Hall–Kier alpha value is -1.30. The van der Waals surface area contributed by atoms with Crippen LogP contribution in [0, 0.1) is 0 Å². The van der Waals surface area contributed by atoms with Crippen molar-refractivity contribution in [2.24, 2.45) is 5.16 Å². The highest BCUT2D eigenvalue weighted by molar-refractivity contribution is 6.55.